The van der Waals surface area contributed by atoms with Crippen molar-refractivity contribution in [1.82, 2.24) is 0 Å². The largest absolute Gasteiger partial charge is 0.0764 e. The van der Waals surface area contributed by atoms with Gasteiger partial charge >= 0.3 is 0 Å². The van der Waals surface area contributed by atoms with Crippen molar-refractivity contribution in [3.63, 3.8) is 0 Å². The van der Waals surface area contributed by atoms with Crippen LogP contribution in [0.15, 0.2) is 46.6 Å². The minimum atomic E-state index is 0. The zero-order valence-corrected chi connectivity index (χ0v) is 24.7. The Morgan fingerprint density at radius 1 is 0.500 bits per heavy atom. The second-order valence-corrected chi connectivity index (χ2v) is 9.09. The summed E-state index contributed by atoms with van der Waals surface area (Å²) in [6.07, 6.45) is 19.0. The van der Waals surface area contributed by atoms with E-state index in [-0.39, 0.29) is 44.4 Å². The monoisotopic (exact) mass is 606 g/mol. The average molecular weight is 606 g/mol. The molecule has 0 spiro atoms. The first kappa shape index (κ1) is 32.2. The first-order chi connectivity index (χ1) is 14.0. The van der Waals surface area contributed by atoms with Gasteiger partial charge in [-0.05, 0) is 101 Å². The topological polar surface area (TPSA) is 0 Å². The normalized spacial score (nSPS) is 24.3. The summed E-state index contributed by atoms with van der Waals surface area (Å²) < 4.78 is 0. The third-order valence-corrected chi connectivity index (χ3v) is 8.03. The van der Waals surface area contributed by atoms with E-state index < -0.39 is 0 Å². The standard InChI is InChI=1S/C15H20.C10H15.C5H5.2Rh/c1-10-11(2)13(4)15(5,12(10)3)14-8-6-7-9-14;1-6-7(2)9(4)10(5)8(6)3;1-2-4-5-3-1;;/h6-9,14H,1-5H3;1-5H3;1-5H;;. The van der Waals surface area contributed by atoms with Gasteiger partial charge in [0.25, 0.3) is 0 Å². The van der Waals surface area contributed by atoms with Crippen LogP contribution in [0.5, 0.6) is 0 Å². The maximum absolute atomic E-state index is 2.38. The summed E-state index contributed by atoms with van der Waals surface area (Å²) >= 11 is 0. The molecule has 4 aliphatic rings. The predicted octanol–water partition coefficient (Wildman–Crippen LogP) is 8.41. The molecule has 0 aromatic rings. The second kappa shape index (κ2) is 13.9. The Morgan fingerprint density at radius 3 is 1.00 bits per heavy atom. The Hall–Kier alpha value is 0.207. The van der Waals surface area contributed by atoms with Crippen molar-refractivity contribution in [1.29, 1.82) is 0 Å². The summed E-state index contributed by atoms with van der Waals surface area (Å²) in [6, 6.07) is 0. The molecule has 4 rings (SSSR count). The fraction of sp³-hybridized carbons (Fsp3) is 0.400. The molecule has 4 aliphatic carbocycles. The van der Waals surface area contributed by atoms with E-state index in [9.17, 15) is 0 Å². The van der Waals surface area contributed by atoms with Gasteiger partial charge in [-0.15, -0.1) is 0 Å². The summed E-state index contributed by atoms with van der Waals surface area (Å²) in [5, 5.41) is 0. The van der Waals surface area contributed by atoms with Crippen LogP contribution in [0.2, 0.25) is 0 Å². The molecule has 178 valence electrons. The molecule has 0 aliphatic heterocycles. The van der Waals surface area contributed by atoms with Gasteiger partial charge in [-0.1, -0.05) is 77.0 Å². The summed E-state index contributed by atoms with van der Waals surface area (Å²) in [5.74, 6) is 7.88. The molecular weight excluding hydrogens is 566 g/mol. The second-order valence-electron chi connectivity index (χ2n) is 9.09. The third kappa shape index (κ3) is 6.66. The van der Waals surface area contributed by atoms with Crippen molar-refractivity contribution in [2.24, 2.45) is 11.3 Å². The van der Waals surface area contributed by atoms with Gasteiger partial charge < -0.3 is 0 Å². The van der Waals surface area contributed by atoms with E-state index in [4.69, 9.17) is 0 Å². The summed E-state index contributed by atoms with van der Waals surface area (Å²) in [7, 11) is 0. The molecule has 0 N–H and O–H groups in total. The summed E-state index contributed by atoms with van der Waals surface area (Å²) in [5.41, 5.74) is 6.28. The molecule has 32 heavy (non-hydrogen) atoms. The maximum atomic E-state index is 2.38. The van der Waals surface area contributed by atoms with E-state index >= 15 is 0 Å². The number of hydrogen-bond donors (Lipinski definition) is 0. The van der Waals surface area contributed by atoms with Crippen LogP contribution in [0.4, 0.5) is 0 Å². The molecule has 2 heteroatoms. The van der Waals surface area contributed by atoms with Crippen LogP contribution in [0.1, 0.15) is 69.2 Å². The van der Waals surface area contributed by atoms with E-state index in [1.165, 1.54) is 40.7 Å². The molecule has 0 amide bonds. The fourth-order valence-corrected chi connectivity index (χ4v) is 4.67. The molecule has 0 nitrogen and oxygen atoms in total. The molecule has 0 heterocycles. The van der Waals surface area contributed by atoms with Crippen molar-refractivity contribution in [3.05, 3.63) is 108 Å². The minimum Gasteiger partial charge on any atom is -0.0764 e. The van der Waals surface area contributed by atoms with Crippen molar-refractivity contribution >= 4 is 0 Å². The molecular formula is C30H40Rh2. The molecule has 2 saturated carbocycles. The van der Waals surface area contributed by atoms with Gasteiger partial charge in [0.05, 0.1) is 0 Å². The van der Waals surface area contributed by atoms with Crippen LogP contribution in [0, 0.1) is 73.0 Å². The van der Waals surface area contributed by atoms with Crippen LogP contribution < -0.4 is 0 Å². The molecule has 2 fully saturated rings. The Kier molecular flexibility index (Phi) is 14.0. The average Bonchev–Trinajstić information content (AvgIpc) is 3.54. The molecule has 0 saturated heterocycles. The molecule has 0 unspecified atom stereocenters. The number of hydrogen-bond acceptors (Lipinski definition) is 0. The zero-order chi connectivity index (χ0) is 22.6. The summed E-state index contributed by atoms with van der Waals surface area (Å²) in [6.45, 7) is 22.5. The number of rotatable bonds is 1. The van der Waals surface area contributed by atoms with Crippen LogP contribution in [-0.4, -0.2) is 0 Å². The fourth-order valence-electron chi connectivity index (χ4n) is 4.67. The van der Waals surface area contributed by atoms with Crippen LogP contribution >= 0.6 is 0 Å². The SMILES string of the molecule is CC1=C(C)C(C)(C2C=CC=C2)C(C)=C1C.C[C]1[C](C)[C](C)[C](C)[C]1C.[CH]1[CH][CH][CH][CH]1.[Rh].[Rh]. The summed E-state index contributed by atoms with van der Waals surface area (Å²) in [4.78, 5) is 0. The van der Waals surface area contributed by atoms with Gasteiger partial charge in [-0.3, -0.25) is 0 Å². The molecule has 0 aromatic carbocycles. The van der Waals surface area contributed by atoms with E-state index in [0.717, 1.165) is 0 Å². The molecule has 0 aromatic heterocycles. The van der Waals surface area contributed by atoms with E-state index in [2.05, 4.69) is 93.5 Å². The van der Waals surface area contributed by atoms with Gasteiger partial charge in [0.1, 0.15) is 0 Å². The van der Waals surface area contributed by atoms with Crippen LogP contribution in [-0.2, 0) is 39.0 Å². The molecule has 0 atom stereocenters. The number of allylic oxidation sites excluding steroid dienone is 8. The van der Waals surface area contributed by atoms with Gasteiger partial charge in [0, 0.05) is 50.3 Å². The Morgan fingerprint density at radius 2 is 0.750 bits per heavy atom. The van der Waals surface area contributed by atoms with E-state index in [1.54, 1.807) is 11.1 Å². The van der Waals surface area contributed by atoms with Crippen molar-refractivity contribution < 1.29 is 39.0 Å². The van der Waals surface area contributed by atoms with Gasteiger partial charge in [0.2, 0.25) is 0 Å². The van der Waals surface area contributed by atoms with Gasteiger partial charge in [-0.25, -0.2) is 0 Å². The Balaban J connectivity index is 0.000000490. The van der Waals surface area contributed by atoms with Gasteiger partial charge in [-0.2, -0.15) is 0 Å². The smallest absolute Gasteiger partial charge is 0.0196 e. The Labute approximate surface area is 226 Å². The van der Waals surface area contributed by atoms with Gasteiger partial charge in [0.15, 0.2) is 0 Å². The van der Waals surface area contributed by atoms with Crippen molar-refractivity contribution in [3.8, 4) is 0 Å². The maximum Gasteiger partial charge on any atom is 0.0196 e. The minimum absolute atomic E-state index is 0. The van der Waals surface area contributed by atoms with Crippen LogP contribution in [0.3, 0.4) is 0 Å². The molecule has 12 radical (unpaired) electrons. The first-order valence-electron chi connectivity index (χ1n) is 11.1. The first-order valence-corrected chi connectivity index (χ1v) is 11.1. The van der Waals surface area contributed by atoms with E-state index in [0.29, 0.717) is 5.92 Å². The van der Waals surface area contributed by atoms with Crippen molar-refractivity contribution in [2.75, 3.05) is 0 Å². The van der Waals surface area contributed by atoms with Crippen molar-refractivity contribution in [2.45, 2.75) is 69.2 Å². The third-order valence-electron chi connectivity index (χ3n) is 8.03. The van der Waals surface area contributed by atoms with Crippen LogP contribution in [0.25, 0.3) is 0 Å². The predicted molar refractivity (Wildman–Crippen MR) is 133 cm³/mol. The van der Waals surface area contributed by atoms with E-state index in [1.807, 2.05) is 32.1 Å². The quantitative estimate of drug-likeness (QED) is 0.263. The zero-order valence-electron chi connectivity index (χ0n) is 21.4. The Bertz CT molecular complexity index is 616. The molecule has 0 bridgehead atoms.